The lowest BCUT2D eigenvalue weighted by atomic mass is 10.00. The minimum absolute atomic E-state index is 0.0416. The van der Waals surface area contributed by atoms with Crippen LogP contribution in [0.3, 0.4) is 0 Å². The van der Waals surface area contributed by atoms with E-state index in [4.69, 9.17) is 0 Å². The van der Waals surface area contributed by atoms with Crippen molar-refractivity contribution in [3.05, 3.63) is 47.5 Å². The summed E-state index contributed by atoms with van der Waals surface area (Å²) in [4.78, 5) is 11.5. The molecule has 0 aromatic heterocycles. The first-order chi connectivity index (χ1) is 9.20. The molecule has 0 radical (unpaired) electrons. The van der Waals surface area contributed by atoms with Gasteiger partial charge in [0.15, 0.2) is 0 Å². The summed E-state index contributed by atoms with van der Waals surface area (Å²) in [6, 6.07) is 6.18. The second-order valence-electron chi connectivity index (χ2n) is 5.03. The van der Waals surface area contributed by atoms with Gasteiger partial charge in [-0.15, -0.1) is 6.58 Å². The van der Waals surface area contributed by atoms with Crippen LogP contribution in [0.1, 0.15) is 42.1 Å². The van der Waals surface area contributed by atoms with Gasteiger partial charge >= 0.3 is 0 Å². The topological polar surface area (TPSA) is 49.3 Å². The zero-order valence-electron chi connectivity index (χ0n) is 11.2. The van der Waals surface area contributed by atoms with Crippen LogP contribution in [0.5, 0.6) is 0 Å². The average molecular weight is 259 g/mol. The lowest BCUT2D eigenvalue weighted by molar-refractivity contribution is -0.121. The third kappa shape index (κ3) is 3.67. The Morgan fingerprint density at radius 1 is 1.42 bits per heavy atom. The highest BCUT2D eigenvalue weighted by atomic mass is 16.3. The number of benzene rings is 1. The van der Waals surface area contributed by atoms with Crippen molar-refractivity contribution in [3.63, 3.8) is 0 Å². The highest BCUT2D eigenvalue weighted by Gasteiger charge is 2.15. The van der Waals surface area contributed by atoms with E-state index < -0.39 is 6.10 Å². The first-order valence-electron chi connectivity index (χ1n) is 6.88. The van der Waals surface area contributed by atoms with E-state index in [0.29, 0.717) is 19.4 Å². The Hall–Kier alpha value is -1.61. The molecule has 1 aliphatic rings. The van der Waals surface area contributed by atoms with Crippen LogP contribution in [0, 0.1) is 0 Å². The summed E-state index contributed by atoms with van der Waals surface area (Å²) in [6.45, 7) is 4.02. The molecule has 1 aliphatic carbocycles. The molecule has 1 aromatic carbocycles. The van der Waals surface area contributed by atoms with E-state index in [2.05, 4.69) is 24.0 Å². The number of carbonyl (C=O) groups excluding carboxylic acids is 1. The molecule has 0 saturated heterocycles. The number of hydrogen-bond donors (Lipinski definition) is 2. The predicted molar refractivity (Wildman–Crippen MR) is 75.9 cm³/mol. The smallest absolute Gasteiger partial charge is 0.220 e. The molecule has 0 fully saturated rings. The second-order valence-corrected chi connectivity index (χ2v) is 5.03. The van der Waals surface area contributed by atoms with Gasteiger partial charge in [0, 0.05) is 13.0 Å². The SMILES string of the molecule is C=CCNC(=O)CCC(O)c1ccc2c(c1)CCC2. The van der Waals surface area contributed by atoms with Gasteiger partial charge in [0.1, 0.15) is 0 Å². The molecule has 2 N–H and O–H groups in total. The normalized spacial score (nSPS) is 14.8. The van der Waals surface area contributed by atoms with Gasteiger partial charge in [0.05, 0.1) is 6.10 Å². The first-order valence-corrected chi connectivity index (χ1v) is 6.88. The molecule has 0 spiro atoms. The molecule has 2 rings (SSSR count). The summed E-state index contributed by atoms with van der Waals surface area (Å²) in [6.07, 6.45) is 5.35. The summed E-state index contributed by atoms with van der Waals surface area (Å²) in [5.41, 5.74) is 3.68. The average Bonchev–Trinajstić information content (AvgIpc) is 2.89. The van der Waals surface area contributed by atoms with E-state index in [1.54, 1.807) is 6.08 Å². The largest absolute Gasteiger partial charge is 0.388 e. The van der Waals surface area contributed by atoms with Crippen LogP contribution in [-0.2, 0) is 17.6 Å². The molecule has 1 amide bonds. The first kappa shape index (κ1) is 13.8. The Balaban J connectivity index is 1.87. The van der Waals surface area contributed by atoms with Crippen molar-refractivity contribution in [2.75, 3.05) is 6.54 Å². The second kappa shape index (κ2) is 6.53. The molecule has 19 heavy (non-hydrogen) atoms. The maximum absolute atomic E-state index is 11.5. The van der Waals surface area contributed by atoms with Crippen LogP contribution in [-0.4, -0.2) is 17.6 Å². The lowest BCUT2D eigenvalue weighted by Gasteiger charge is -2.12. The number of fused-ring (bicyclic) bond motifs is 1. The minimum atomic E-state index is -0.555. The number of carbonyl (C=O) groups is 1. The van der Waals surface area contributed by atoms with Crippen LogP contribution in [0.2, 0.25) is 0 Å². The van der Waals surface area contributed by atoms with E-state index in [-0.39, 0.29) is 5.91 Å². The van der Waals surface area contributed by atoms with E-state index in [9.17, 15) is 9.90 Å². The Morgan fingerprint density at radius 3 is 3.00 bits per heavy atom. The summed E-state index contributed by atoms with van der Waals surface area (Å²) in [5, 5.41) is 12.8. The van der Waals surface area contributed by atoms with Crippen LogP contribution in [0.25, 0.3) is 0 Å². The van der Waals surface area contributed by atoms with Crippen LogP contribution >= 0.6 is 0 Å². The monoisotopic (exact) mass is 259 g/mol. The molecule has 0 saturated carbocycles. The quantitative estimate of drug-likeness (QED) is 0.770. The number of aliphatic hydroxyl groups excluding tert-OH is 1. The van der Waals surface area contributed by atoms with E-state index in [1.165, 1.54) is 17.5 Å². The van der Waals surface area contributed by atoms with E-state index in [0.717, 1.165) is 18.4 Å². The van der Waals surface area contributed by atoms with E-state index >= 15 is 0 Å². The van der Waals surface area contributed by atoms with Crippen LogP contribution in [0.15, 0.2) is 30.9 Å². The third-order valence-electron chi connectivity index (χ3n) is 3.60. The molecule has 102 valence electrons. The maximum atomic E-state index is 11.5. The number of hydrogen-bond acceptors (Lipinski definition) is 2. The highest BCUT2D eigenvalue weighted by molar-refractivity contribution is 5.76. The van der Waals surface area contributed by atoms with Gasteiger partial charge in [0.25, 0.3) is 0 Å². The molecule has 3 nitrogen and oxygen atoms in total. The van der Waals surface area contributed by atoms with Crippen molar-refractivity contribution in [3.8, 4) is 0 Å². The maximum Gasteiger partial charge on any atom is 0.220 e. The number of nitrogens with one attached hydrogen (secondary N) is 1. The van der Waals surface area contributed by atoms with Crippen LogP contribution < -0.4 is 5.32 Å². The Labute approximate surface area is 114 Å². The Kier molecular flexibility index (Phi) is 4.74. The molecule has 1 unspecified atom stereocenters. The van der Waals surface area contributed by atoms with Crippen molar-refractivity contribution in [2.24, 2.45) is 0 Å². The van der Waals surface area contributed by atoms with Gasteiger partial charge in [-0.3, -0.25) is 4.79 Å². The van der Waals surface area contributed by atoms with Gasteiger partial charge in [-0.05, 0) is 42.4 Å². The third-order valence-corrected chi connectivity index (χ3v) is 3.60. The number of aliphatic hydroxyl groups is 1. The summed E-state index contributed by atoms with van der Waals surface area (Å²) in [5.74, 6) is -0.0416. The molecular formula is C16H21NO2. The summed E-state index contributed by atoms with van der Waals surface area (Å²) < 4.78 is 0. The summed E-state index contributed by atoms with van der Waals surface area (Å²) in [7, 11) is 0. The number of aryl methyl sites for hydroxylation is 2. The van der Waals surface area contributed by atoms with Crippen molar-refractivity contribution in [1.82, 2.24) is 5.32 Å². The highest BCUT2D eigenvalue weighted by Crippen LogP contribution is 2.26. The molecule has 0 bridgehead atoms. The molecular weight excluding hydrogens is 238 g/mol. The van der Waals surface area contributed by atoms with Gasteiger partial charge < -0.3 is 10.4 Å². The zero-order chi connectivity index (χ0) is 13.7. The lowest BCUT2D eigenvalue weighted by Crippen LogP contribution is -2.23. The van der Waals surface area contributed by atoms with Gasteiger partial charge in [0.2, 0.25) is 5.91 Å². The molecule has 0 aliphatic heterocycles. The molecule has 1 aromatic rings. The fourth-order valence-corrected chi connectivity index (χ4v) is 2.51. The van der Waals surface area contributed by atoms with E-state index in [1.807, 2.05) is 6.07 Å². The Morgan fingerprint density at radius 2 is 2.21 bits per heavy atom. The van der Waals surface area contributed by atoms with Crippen molar-refractivity contribution in [2.45, 2.75) is 38.2 Å². The zero-order valence-corrected chi connectivity index (χ0v) is 11.2. The van der Waals surface area contributed by atoms with Gasteiger partial charge in [-0.25, -0.2) is 0 Å². The van der Waals surface area contributed by atoms with Crippen molar-refractivity contribution in [1.29, 1.82) is 0 Å². The molecule has 1 atom stereocenters. The fraction of sp³-hybridized carbons (Fsp3) is 0.438. The number of amides is 1. The number of rotatable bonds is 6. The molecule has 3 heteroatoms. The van der Waals surface area contributed by atoms with Gasteiger partial charge in [-0.2, -0.15) is 0 Å². The predicted octanol–water partition coefficient (Wildman–Crippen LogP) is 2.29. The van der Waals surface area contributed by atoms with Crippen molar-refractivity contribution >= 4 is 5.91 Å². The minimum Gasteiger partial charge on any atom is -0.388 e. The van der Waals surface area contributed by atoms with Crippen LogP contribution in [0.4, 0.5) is 0 Å². The standard InChI is InChI=1S/C16H21NO2/c1-2-10-17-16(19)9-8-15(18)14-7-6-12-4-3-5-13(12)11-14/h2,6-7,11,15,18H,1,3-5,8-10H2,(H,17,19). The Bertz CT molecular complexity index is 468. The van der Waals surface area contributed by atoms with Crippen molar-refractivity contribution < 1.29 is 9.90 Å². The summed E-state index contributed by atoms with van der Waals surface area (Å²) >= 11 is 0. The molecule has 0 heterocycles. The van der Waals surface area contributed by atoms with Gasteiger partial charge in [-0.1, -0.05) is 24.3 Å². The fourth-order valence-electron chi connectivity index (χ4n) is 2.51.